The molecule has 1 heterocycles. The Balaban J connectivity index is 2.63. The molecule has 0 bridgehead atoms. The smallest absolute Gasteiger partial charge is 0.355 e. The van der Waals surface area contributed by atoms with Crippen molar-refractivity contribution in [2.75, 3.05) is 14.2 Å². The van der Waals surface area contributed by atoms with Crippen LogP contribution in [-0.2, 0) is 9.53 Å². The lowest BCUT2D eigenvalue weighted by Crippen LogP contribution is -2.34. The van der Waals surface area contributed by atoms with Crippen LogP contribution in [0.5, 0.6) is 0 Å². The zero-order chi connectivity index (χ0) is 8.43. The molecular weight excluding hydrogens is 144 g/mol. The lowest BCUT2D eigenvalue weighted by molar-refractivity contribution is -0.136. The summed E-state index contributed by atoms with van der Waals surface area (Å²) in [5.74, 6) is -0.318. The zero-order valence-electron chi connectivity index (χ0n) is 6.92. The van der Waals surface area contributed by atoms with E-state index in [4.69, 9.17) is 0 Å². The number of hydrogen-bond donors (Lipinski definition) is 1. The number of likely N-dealkylation sites (N-methyl/N-ethyl adjacent to an activating group) is 1. The number of esters is 1. The van der Waals surface area contributed by atoms with Crippen molar-refractivity contribution in [1.82, 2.24) is 10.4 Å². The lowest BCUT2D eigenvalue weighted by Gasteiger charge is -2.14. The molecule has 4 heteroatoms. The topological polar surface area (TPSA) is 41.6 Å². The van der Waals surface area contributed by atoms with Crippen LogP contribution in [0.15, 0.2) is 11.8 Å². The first-order valence-electron chi connectivity index (χ1n) is 3.44. The molecule has 1 atom stereocenters. The molecule has 0 saturated carbocycles. The van der Waals surface area contributed by atoms with E-state index in [2.05, 4.69) is 10.2 Å². The summed E-state index contributed by atoms with van der Waals surface area (Å²) >= 11 is 0. The van der Waals surface area contributed by atoms with Crippen LogP contribution < -0.4 is 5.43 Å². The minimum Gasteiger partial charge on any atom is -0.464 e. The Morgan fingerprint density at radius 2 is 2.45 bits per heavy atom. The number of rotatable bonds is 1. The highest BCUT2D eigenvalue weighted by Crippen LogP contribution is 2.08. The summed E-state index contributed by atoms with van der Waals surface area (Å²) in [6.07, 6.45) is 1.83. The molecule has 1 rings (SSSR count). The van der Waals surface area contributed by atoms with Crippen LogP contribution in [0.2, 0.25) is 0 Å². The van der Waals surface area contributed by atoms with Crippen molar-refractivity contribution in [2.24, 2.45) is 0 Å². The predicted molar refractivity (Wildman–Crippen MR) is 40.5 cm³/mol. The summed E-state index contributed by atoms with van der Waals surface area (Å²) in [5.41, 5.74) is 3.39. The lowest BCUT2D eigenvalue weighted by atomic mass is 10.3. The van der Waals surface area contributed by atoms with E-state index in [1.165, 1.54) is 7.11 Å². The van der Waals surface area contributed by atoms with Crippen molar-refractivity contribution in [3.05, 3.63) is 11.8 Å². The first kappa shape index (κ1) is 8.07. The fourth-order valence-electron chi connectivity index (χ4n) is 0.906. The number of methoxy groups -OCH3 is 1. The van der Waals surface area contributed by atoms with E-state index in [0.29, 0.717) is 5.70 Å². The number of nitrogens with one attached hydrogen (secondary N) is 1. The van der Waals surface area contributed by atoms with Crippen LogP contribution in [0.1, 0.15) is 6.92 Å². The highest BCUT2D eigenvalue weighted by atomic mass is 16.5. The van der Waals surface area contributed by atoms with E-state index in [-0.39, 0.29) is 12.0 Å². The molecule has 0 saturated heterocycles. The molecule has 1 aliphatic heterocycles. The Hall–Kier alpha value is -1.03. The van der Waals surface area contributed by atoms with Crippen LogP contribution in [0.3, 0.4) is 0 Å². The van der Waals surface area contributed by atoms with Crippen LogP contribution in [0, 0.1) is 0 Å². The molecule has 62 valence electrons. The maximum atomic E-state index is 10.9. The molecule has 0 aromatic heterocycles. The van der Waals surface area contributed by atoms with E-state index >= 15 is 0 Å². The van der Waals surface area contributed by atoms with Gasteiger partial charge in [-0.05, 0) is 13.0 Å². The molecule has 11 heavy (non-hydrogen) atoms. The third-order valence-corrected chi connectivity index (χ3v) is 1.72. The van der Waals surface area contributed by atoms with E-state index in [1.807, 2.05) is 25.1 Å². The van der Waals surface area contributed by atoms with Crippen molar-refractivity contribution in [3.63, 3.8) is 0 Å². The largest absolute Gasteiger partial charge is 0.464 e. The summed E-state index contributed by atoms with van der Waals surface area (Å²) in [4.78, 5) is 10.9. The Labute approximate surface area is 65.8 Å². The molecule has 0 aromatic rings. The average Bonchev–Trinajstić information content (AvgIpc) is 2.31. The summed E-state index contributed by atoms with van der Waals surface area (Å²) in [7, 11) is 3.24. The Morgan fingerprint density at radius 3 is 2.82 bits per heavy atom. The van der Waals surface area contributed by atoms with Gasteiger partial charge in [0.05, 0.1) is 7.11 Å². The molecule has 0 aromatic carbocycles. The molecule has 0 fully saturated rings. The number of hydrazine groups is 1. The first-order valence-corrected chi connectivity index (χ1v) is 3.44. The predicted octanol–water partition coefficient (Wildman–Crippen LogP) is -0.118. The number of ether oxygens (including phenoxy) is 1. The van der Waals surface area contributed by atoms with Gasteiger partial charge in [-0.1, -0.05) is 0 Å². The van der Waals surface area contributed by atoms with E-state index in [0.717, 1.165) is 0 Å². The average molecular weight is 156 g/mol. The summed E-state index contributed by atoms with van der Waals surface area (Å²) in [6, 6.07) is 0.240. The number of carbonyl (C=O) groups is 1. The van der Waals surface area contributed by atoms with Gasteiger partial charge >= 0.3 is 5.97 Å². The zero-order valence-corrected chi connectivity index (χ0v) is 6.92. The second-order valence-electron chi connectivity index (χ2n) is 2.54. The van der Waals surface area contributed by atoms with Gasteiger partial charge in [-0.15, -0.1) is 0 Å². The van der Waals surface area contributed by atoms with Crippen molar-refractivity contribution in [3.8, 4) is 0 Å². The van der Waals surface area contributed by atoms with Gasteiger partial charge in [-0.2, -0.15) is 0 Å². The van der Waals surface area contributed by atoms with Crippen molar-refractivity contribution in [1.29, 1.82) is 0 Å². The van der Waals surface area contributed by atoms with Gasteiger partial charge < -0.3 is 10.2 Å². The molecule has 0 radical (unpaired) electrons. The van der Waals surface area contributed by atoms with E-state index < -0.39 is 0 Å². The van der Waals surface area contributed by atoms with E-state index in [1.54, 1.807) is 0 Å². The Morgan fingerprint density at radius 1 is 1.82 bits per heavy atom. The number of hydrogen-bond acceptors (Lipinski definition) is 4. The number of nitrogens with zero attached hydrogens (tertiary/aromatic N) is 1. The second-order valence-corrected chi connectivity index (χ2v) is 2.54. The normalized spacial score (nSPS) is 24.3. The van der Waals surface area contributed by atoms with Gasteiger partial charge in [0.1, 0.15) is 5.70 Å². The first-order chi connectivity index (χ1) is 5.15. The van der Waals surface area contributed by atoms with Crippen molar-refractivity contribution >= 4 is 5.97 Å². The fourth-order valence-corrected chi connectivity index (χ4v) is 0.906. The van der Waals surface area contributed by atoms with Gasteiger partial charge in [0.2, 0.25) is 0 Å². The quantitative estimate of drug-likeness (QED) is 0.537. The van der Waals surface area contributed by atoms with Gasteiger partial charge in [-0.25, -0.2) is 9.80 Å². The molecule has 1 aliphatic rings. The minimum absolute atomic E-state index is 0.240. The molecule has 0 spiro atoms. The van der Waals surface area contributed by atoms with Crippen molar-refractivity contribution < 1.29 is 9.53 Å². The molecule has 1 N–H and O–H groups in total. The highest BCUT2D eigenvalue weighted by molar-refractivity contribution is 5.88. The second kappa shape index (κ2) is 2.92. The molecule has 0 amide bonds. The number of carbonyl (C=O) groups excluding carboxylic acids is 1. The molecule has 0 aliphatic carbocycles. The molecule has 4 nitrogen and oxygen atoms in total. The van der Waals surface area contributed by atoms with Gasteiger partial charge in [0.25, 0.3) is 0 Å². The van der Waals surface area contributed by atoms with Crippen LogP contribution in [-0.4, -0.2) is 31.2 Å². The van der Waals surface area contributed by atoms with Crippen molar-refractivity contribution in [2.45, 2.75) is 13.0 Å². The molecular formula is C7H12N2O2. The maximum Gasteiger partial charge on any atom is 0.355 e. The molecule has 1 unspecified atom stereocenters. The van der Waals surface area contributed by atoms with E-state index in [9.17, 15) is 4.79 Å². The summed E-state index contributed by atoms with van der Waals surface area (Å²) < 4.78 is 4.53. The standard InChI is InChI=1S/C7H12N2O2/c1-5-4-6(7(10)11-3)8-9(5)2/h4-5,8H,1-3H3. The van der Waals surface area contributed by atoms with Crippen LogP contribution >= 0.6 is 0 Å². The monoisotopic (exact) mass is 156 g/mol. The Bertz CT molecular complexity index is 201. The highest BCUT2D eigenvalue weighted by Gasteiger charge is 2.21. The van der Waals surface area contributed by atoms with Gasteiger partial charge in [0, 0.05) is 13.1 Å². The third kappa shape index (κ3) is 1.51. The van der Waals surface area contributed by atoms with Crippen LogP contribution in [0.4, 0.5) is 0 Å². The van der Waals surface area contributed by atoms with Gasteiger partial charge in [0.15, 0.2) is 0 Å². The summed E-state index contributed by atoms with van der Waals surface area (Å²) in [5, 5.41) is 1.84. The van der Waals surface area contributed by atoms with Crippen LogP contribution in [0.25, 0.3) is 0 Å². The fraction of sp³-hybridized carbons (Fsp3) is 0.571. The Kier molecular flexibility index (Phi) is 2.14. The van der Waals surface area contributed by atoms with Gasteiger partial charge in [-0.3, -0.25) is 0 Å². The third-order valence-electron chi connectivity index (χ3n) is 1.72. The SMILES string of the molecule is COC(=O)C1=CC(C)N(C)N1. The summed E-state index contributed by atoms with van der Waals surface area (Å²) in [6.45, 7) is 1.99. The maximum absolute atomic E-state index is 10.9. The minimum atomic E-state index is -0.318.